The number of nitrogens with zero attached hydrogens (tertiary/aromatic N) is 4. The number of amides is 1. The number of aryl methyl sites for hydroxylation is 1. The fourth-order valence-corrected chi connectivity index (χ4v) is 3.06. The van der Waals surface area contributed by atoms with Crippen LogP contribution >= 0.6 is 0 Å². The Kier molecular flexibility index (Phi) is 4.53. The van der Waals surface area contributed by atoms with E-state index in [4.69, 9.17) is 0 Å². The average Bonchev–Trinajstić information content (AvgIpc) is 3.17. The molecule has 2 aromatic rings. The Morgan fingerprint density at radius 1 is 1.40 bits per heavy atom. The first-order chi connectivity index (χ1) is 11.8. The first kappa shape index (κ1) is 17.4. The zero-order chi connectivity index (χ0) is 18.2. The van der Waals surface area contributed by atoms with Gasteiger partial charge in [0, 0.05) is 12.2 Å². The molecule has 2 aromatic heterocycles. The van der Waals surface area contributed by atoms with Gasteiger partial charge in [0.25, 0.3) is 5.91 Å². The van der Waals surface area contributed by atoms with E-state index in [1.165, 1.54) is 13.1 Å². The Balaban J connectivity index is 1.99. The highest BCUT2D eigenvalue weighted by Crippen LogP contribution is 2.30. The Morgan fingerprint density at radius 2 is 2.16 bits per heavy atom. The standard InChI is InChI=1S/C17H19F3N4O/c1-3-4-6-12-7-5-8-23(12)16(25)13-10-21-24-14(17(18,19)20)9-11(2)22-15(13)24/h5,7,9-10,12H,3-4,6,8H2,1-2H3/t12-/m1/s1. The third-order valence-corrected chi connectivity index (χ3v) is 4.30. The Labute approximate surface area is 143 Å². The Morgan fingerprint density at radius 3 is 2.84 bits per heavy atom. The van der Waals surface area contributed by atoms with E-state index in [1.54, 1.807) is 4.90 Å². The van der Waals surface area contributed by atoms with E-state index in [0.717, 1.165) is 25.3 Å². The van der Waals surface area contributed by atoms with E-state index >= 15 is 0 Å². The second-order valence-corrected chi connectivity index (χ2v) is 6.17. The summed E-state index contributed by atoms with van der Waals surface area (Å²) in [6.45, 7) is 3.99. The normalized spacial score (nSPS) is 17.6. The van der Waals surface area contributed by atoms with Gasteiger partial charge < -0.3 is 4.90 Å². The number of aromatic nitrogens is 3. The van der Waals surface area contributed by atoms with E-state index in [9.17, 15) is 18.0 Å². The van der Waals surface area contributed by atoms with Crippen molar-refractivity contribution in [2.45, 2.75) is 45.3 Å². The molecule has 0 spiro atoms. The fourth-order valence-electron chi connectivity index (χ4n) is 3.06. The van der Waals surface area contributed by atoms with Crippen LogP contribution in [-0.2, 0) is 6.18 Å². The number of carbonyl (C=O) groups is 1. The molecule has 8 heteroatoms. The van der Waals surface area contributed by atoms with Crippen LogP contribution in [0.5, 0.6) is 0 Å². The molecule has 0 saturated heterocycles. The number of hydrogen-bond acceptors (Lipinski definition) is 3. The number of alkyl halides is 3. The molecule has 1 aliphatic heterocycles. The maximum Gasteiger partial charge on any atom is 0.433 e. The highest BCUT2D eigenvalue weighted by Gasteiger charge is 2.36. The highest BCUT2D eigenvalue weighted by atomic mass is 19.4. The molecule has 3 heterocycles. The topological polar surface area (TPSA) is 50.5 Å². The van der Waals surface area contributed by atoms with Crippen LogP contribution in [0.15, 0.2) is 24.4 Å². The highest BCUT2D eigenvalue weighted by molar-refractivity contribution is 6.00. The molecular weight excluding hydrogens is 333 g/mol. The zero-order valence-corrected chi connectivity index (χ0v) is 14.0. The molecule has 0 fully saturated rings. The van der Waals surface area contributed by atoms with Gasteiger partial charge in [-0.2, -0.15) is 18.3 Å². The number of carbonyl (C=O) groups excluding carboxylic acids is 1. The number of unbranched alkanes of at least 4 members (excludes halogenated alkanes) is 1. The van der Waals surface area contributed by atoms with Crippen molar-refractivity contribution in [1.29, 1.82) is 0 Å². The van der Waals surface area contributed by atoms with Gasteiger partial charge in [0.1, 0.15) is 11.3 Å². The lowest BCUT2D eigenvalue weighted by atomic mass is 10.1. The number of halogens is 3. The average molecular weight is 352 g/mol. The molecule has 0 saturated carbocycles. The van der Waals surface area contributed by atoms with E-state index in [0.29, 0.717) is 11.1 Å². The third kappa shape index (κ3) is 3.25. The van der Waals surface area contributed by atoms with Crippen molar-refractivity contribution >= 4 is 11.6 Å². The van der Waals surface area contributed by atoms with Crippen LogP contribution in [-0.4, -0.2) is 38.0 Å². The molecule has 5 nitrogen and oxygen atoms in total. The van der Waals surface area contributed by atoms with E-state index in [1.807, 2.05) is 12.2 Å². The van der Waals surface area contributed by atoms with E-state index in [2.05, 4.69) is 17.0 Å². The van der Waals surface area contributed by atoms with Crippen molar-refractivity contribution < 1.29 is 18.0 Å². The van der Waals surface area contributed by atoms with Crippen LogP contribution in [0, 0.1) is 6.92 Å². The Hall–Kier alpha value is -2.38. The van der Waals surface area contributed by atoms with Crippen LogP contribution in [0.1, 0.15) is 47.9 Å². The molecule has 0 aromatic carbocycles. The molecule has 0 bridgehead atoms. The maximum atomic E-state index is 13.2. The molecule has 1 amide bonds. The number of hydrogen-bond donors (Lipinski definition) is 0. The number of fused-ring (bicyclic) bond motifs is 1. The van der Waals surface area contributed by atoms with Gasteiger partial charge in [-0.1, -0.05) is 31.9 Å². The third-order valence-electron chi connectivity index (χ3n) is 4.30. The minimum atomic E-state index is -4.57. The fraction of sp³-hybridized carbons (Fsp3) is 0.471. The van der Waals surface area contributed by atoms with Crippen molar-refractivity contribution in [3.8, 4) is 0 Å². The maximum absolute atomic E-state index is 13.2. The second kappa shape index (κ2) is 6.50. The molecule has 3 rings (SSSR count). The minimum Gasteiger partial charge on any atom is -0.328 e. The molecule has 0 N–H and O–H groups in total. The van der Waals surface area contributed by atoms with Gasteiger partial charge in [0.2, 0.25) is 0 Å². The molecule has 0 aliphatic carbocycles. The summed E-state index contributed by atoms with van der Waals surface area (Å²) in [5.74, 6) is -0.340. The summed E-state index contributed by atoms with van der Waals surface area (Å²) in [4.78, 5) is 18.7. The molecule has 1 atom stereocenters. The smallest absolute Gasteiger partial charge is 0.328 e. The first-order valence-corrected chi connectivity index (χ1v) is 8.23. The molecule has 0 unspecified atom stereocenters. The summed E-state index contributed by atoms with van der Waals surface area (Å²) in [6, 6.07) is 0.893. The van der Waals surface area contributed by atoms with Crippen LogP contribution in [0.4, 0.5) is 13.2 Å². The van der Waals surface area contributed by atoms with Crippen LogP contribution in [0.25, 0.3) is 5.65 Å². The molecule has 134 valence electrons. The van der Waals surface area contributed by atoms with E-state index in [-0.39, 0.29) is 28.9 Å². The first-order valence-electron chi connectivity index (χ1n) is 8.23. The lowest BCUT2D eigenvalue weighted by Crippen LogP contribution is -2.36. The van der Waals surface area contributed by atoms with Crippen LogP contribution in [0.2, 0.25) is 0 Å². The molecular formula is C17H19F3N4O. The molecule has 0 radical (unpaired) electrons. The lowest BCUT2D eigenvalue weighted by molar-refractivity contribution is -0.142. The summed E-state index contributed by atoms with van der Waals surface area (Å²) in [5, 5.41) is 3.77. The summed E-state index contributed by atoms with van der Waals surface area (Å²) in [5.41, 5.74) is -0.703. The van der Waals surface area contributed by atoms with Crippen molar-refractivity contribution in [3.05, 3.63) is 41.4 Å². The predicted octanol–water partition coefficient (Wildman–Crippen LogP) is 3.63. The van der Waals surface area contributed by atoms with Gasteiger partial charge in [0.15, 0.2) is 5.65 Å². The van der Waals surface area contributed by atoms with Gasteiger partial charge in [-0.15, -0.1) is 0 Å². The minimum absolute atomic E-state index is 0.0331. The van der Waals surface area contributed by atoms with E-state index < -0.39 is 11.9 Å². The second-order valence-electron chi connectivity index (χ2n) is 6.17. The largest absolute Gasteiger partial charge is 0.433 e. The molecule has 25 heavy (non-hydrogen) atoms. The number of rotatable bonds is 4. The monoisotopic (exact) mass is 352 g/mol. The van der Waals surface area contributed by atoms with Crippen LogP contribution in [0.3, 0.4) is 0 Å². The van der Waals surface area contributed by atoms with Crippen LogP contribution < -0.4 is 0 Å². The lowest BCUT2D eigenvalue weighted by Gasteiger charge is -2.24. The van der Waals surface area contributed by atoms with Crippen molar-refractivity contribution in [2.24, 2.45) is 0 Å². The summed E-state index contributed by atoms with van der Waals surface area (Å²) in [6.07, 6.45) is 3.30. The Bertz CT molecular complexity index is 825. The van der Waals surface area contributed by atoms with Gasteiger partial charge in [0.05, 0.1) is 12.2 Å². The quantitative estimate of drug-likeness (QED) is 0.790. The summed E-state index contributed by atoms with van der Waals surface area (Å²) < 4.78 is 40.3. The summed E-state index contributed by atoms with van der Waals surface area (Å²) in [7, 11) is 0. The van der Waals surface area contributed by atoms with Crippen molar-refractivity contribution in [2.75, 3.05) is 6.54 Å². The molecule has 1 aliphatic rings. The predicted molar refractivity (Wildman–Crippen MR) is 86.2 cm³/mol. The van der Waals surface area contributed by atoms with Gasteiger partial charge in [-0.3, -0.25) is 4.79 Å². The van der Waals surface area contributed by atoms with Gasteiger partial charge in [-0.25, -0.2) is 9.50 Å². The van der Waals surface area contributed by atoms with Gasteiger partial charge >= 0.3 is 6.18 Å². The van der Waals surface area contributed by atoms with Gasteiger partial charge in [-0.05, 0) is 19.4 Å². The van der Waals surface area contributed by atoms with Crippen molar-refractivity contribution in [1.82, 2.24) is 19.5 Å². The SMILES string of the molecule is CCCC[C@@H]1C=CCN1C(=O)c1cnn2c(C(F)(F)F)cc(C)nc12. The summed E-state index contributed by atoms with van der Waals surface area (Å²) >= 11 is 0. The zero-order valence-electron chi connectivity index (χ0n) is 14.0. The van der Waals surface area contributed by atoms with Crippen molar-refractivity contribution in [3.63, 3.8) is 0 Å².